The Labute approximate surface area is 556 Å². The number of phosphoric ester groups is 2. The van der Waals surface area contributed by atoms with E-state index in [-0.39, 0.29) is 25.7 Å². The summed E-state index contributed by atoms with van der Waals surface area (Å²) in [5.74, 6) is 0.204. The van der Waals surface area contributed by atoms with Gasteiger partial charge in [-0.05, 0) is 43.4 Å². The second kappa shape index (κ2) is 62.8. The first-order valence-electron chi connectivity index (χ1n) is 37.4. The van der Waals surface area contributed by atoms with Gasteiger partial charge in [0.25, 0.3) is 0 Å². The first kappa shape index (κ1) is 89.1. The minimum absolute atomic E-state index is 0.104. The van der Waals surface area contributed by atoms with Crippen LogP contribution in [0, 0.1) is 17.8 Å². The fourth-order valence-electron chi connectivity index (χ4n) is 10.9. The molecule has 91 heavy (non-hydrogen) atoms. The molecule has 0 radical (unpaired) electrons. The lowest BCUT2D eigenvalue weighted by molar-refractivity contribution is -0.161. The molecule has 0 aliphatic heterocycles. The van der Waals surface area contributed by atoms with E-state index < -0.39 is 97.5 Å². The highest BCUT2D eigenvalue weighted by Gasteiger charge is 2.30. The summed E-state index contributed by atoms with van der Waals surface area (Å²) in [6.07, 6.45) is 47.2. The molecule has 3 N–H and O–H groups in total. The van der Waals surface area contributed by atoms with Gasteiger partial charge in [0.1, 0.15) is 19.3 Å². The minimum atomic E-state index is -4.95. The van der Waals surface area contributed by atoms with Gasteiger partial charge in [0, 0.05) is 25.7 Å². The average Bonchev–Trinajstić information content (AvgIpc) is 3.70. The van der Waals surface area contributed by atoms with Crippen LogP contribution in [0.25, 0.3) is 0 Å². The quantitative estimate of drug-likeness (QED) is 0.0222. The van der Waals surface area contributed by atoms with Gasteiger partial charge in [0.05, 0.1) is 26.4 Å². The Kier molecular flexibility index (Phi) is 61.5. The minimum Gasteiger partial charge on any atom is -0.462 e. The number of rotatable bonds is 70. The average molecular weight is 1340 g/mol. The van der Waals surface area contributed by atoms with Crippen molar-refractivity contribution in [3.05, 3.63) is 0 Å². The number of unbranched alkanes of at least 4 members (excludes halogenated alkanes) is 37. The van der Waals surface area contributed by atoms with Crippen LogP contribution in [0.15, 0.2) is 0 Å². The predicted molar refractivity (Wildman–Crippen MR) is 368 cm³/mol. The van der Waals surface area contributed by atoms with Gasteiger partial charge in [-0.3, -0.25) is 37.3 Å². The zero-order chi connectivity index (χ0) is 67.3. The van der Waals surface area contributed by atoms with Gasteiger partial charge in [-0.25, -0.2) is 9.13 Å². The largest absolute Gasteiger partial charge is 0.472 e. The summed E-state index contributed by atoms with van der Waals surface area (Å²) in [5.41, 5.74) is 0. The molecule has 0 rings (SSSR count). The lowest BCUT2D eigenvalue weighted by atomic mass is 9.99. The van der Waals surface area contributed by atoms with Crippen LogP contribution in [0.1, 0.15) is 363 Å². The van der Waals surface area contributed by atoms with Crippen LogP contribution < -0.4 is 0 Å². The molecule has 0 aromatic carbocycles. The highest BCUT2D eigenvalue weighted by molar-refractivity contribution is 7.47. The Morgan fingerprint density at radius 1 is 0.319 bits per heavy atom. The van der Waals surface area contributed by atoms with E-state index in [2.05, 4.69) is 48.5 Å². The van der Waals surface area contributed by atoms with E-state index in [4.69, 9.17) is 37.0 Å². The monoisotopic (exact) mass is 1340 g/mol. The molecular weight excluding hydrogens is 1200 g/mol. The van der Waals surface area contributed by atoms with Crippen molar-refractivity contribution in [2.45, 2.75) is 381 Å². The van der Waals surface area contributed by atoms with Crippen LogP contribution in [-0.4, -0.2) is 96.7 Å². The van der Waals surface area contributed by atoms with E-state index in [1.165, 1.54) is 167 Å². The van der Waals surface area contributed by atoms with E-state index in [0.29, 0.717) is 25.7 Å². The Morgan fingerprint density at radius 3 is 0.835 bits per heavy atom. The molecule has 3 unspecified atom stereocenters. The molecule has 0 aromatic heterocycles. The topological polar surface area (TPSA) is 237 Å². The van der Waals surface area contributed by atoms with Crippen molar-refractivity contribution in [1.82, 2.24) is 0 Å². The van der Waals surface area contributed by atoms with E-state index >= 15 is 0 Å². The summed E-state index contributed by atoms with van der Waals surface area (Å²) in [4.78, 5) is 72.5. The lowest BCUT2D eigenvalue weighted by Gasteiger charge is -2.21. The zero-order valence-corrected chi connectivity index (χ0v) is 61.1. The molecule has 0 saturated carbocycles. The summed E-state index contributed by atoms with van der Waals surface area (Å²) in [6, 6.07) is 0. The molecule has 0 aliphatic rings. The van der Waals surface area contributed by atoms with Crippen molar-refractivity contribution < 1.29 is 80.2 Å². The molecule has 6 atom stereocenters. The van der Waals surface area contributed by atoms with Crippen LogP contribution in [0.4, 0.5) is 0 Å². The second-order valence-electron chi connectivity index (χ2n) is 27.2. The molecule has 17 nitrogen and oxygen atoms in total. The Morgan fingerprint density at radius 2 is 0.560 bits per heavy atom. The van der Waals surface area contributed by atoms with E-state index in [9.17, 15) is 43.2 Å². The molecule has 0 fully saturated rings. The standard InChI is InChI=1S/C72H140O17P2/c1-8-10-11-12-13-32-39-46-53-69(74)82-59-67(89-72(77)56-49-42-35-28-27-30-37-44-51-64(5)6)61-86-90(78,79)84-57-66(73)58-85-91(80,81)87-62-68(60-83-70(75)54-47-40-33-25-22-21-24-31-38-45-52-65(7)9-2)88-71(76)55-48-41-34-26-20-18-16-14-15-17-19-23-29-36-43-50-63(3)4/h63-68,73H,8-62H2,1-7H3,(H,78,79)(H,80,81)/t65?,66-,67+,68+/m0/s1. The normalized spacial score (nSPS) is 14.5. The fraction of sp³-hybridized carbons (Fsp3) is 0.944. The maximum absolute atomic E-state index is 13.0. The van der Waals surface area contributed by atoms with Crippen molar-refractivity contribution >= 4 is 39.5 Å². The molecule has 0 amide bonds. The van der Waals surface area contributed by atoms with Gasteiger partial charge in [-0.1, -0.05) is 312 Å². The van der Waals surface area contributed by atoms with Gasteiger partial charge in [0.15, 0.2) is 12.2 Å². The third kappa shape index (κ3) is 65.1. The Hall–Kier alpha value is -1.94. The molecule has 0 bridgehead atoms. The Bertz CT molecular complexity index is 1790. The summed E-state index contributed by atoms with van der Waals surface area (Å²) in [6.45, 7) is 11.9. The van der Waals surface area contributed by atoms with Gasteiger partial charge in [-0.15, -0.1) is 0 Å². The Balaban J connectivity index is 5.22. The molecule has 0 saturated heterocycles. The number of carbonyl (C=O) groups excluding carboxylic acids is 4. The number of hydrogen-bond donors (Lipinski definition) is 3. The van der Waals surface area contributed by atoms with Crippen LogP contribution in [0.3, 0.4) is 0 Å². The summed E-state index contributed by atoms with van der Waals surface area (Å²) < 4.78 is 68.3. The number of hydrogen-bond acceptors (Lipinski definition) is 15. The van der Waals surface area contributed by atoms with Gasteiger partial charge >= 0.3 is 39.5 Å². The van der Waals surface area contributed by atoms with Crippen LogP contribution in [0.2, 0.25) is 0 Å². The third-order valence-electron chi connectivity index (χ3n) is 17.0. The van der Waals surface area contributed by atoms with E-state index in [1.807, 2.05) is 0 Å². The molecular formula is C72H140O17P2. The van der Waals surface area contributed by atoms with Crippen molar-refractivity contribution in [1.29, 1.82) is 0 Å². The zero-order valence-electron chi connectivity index (χ0n) is 59.3. The van der Waals surface area contributed by atoms with E-state index in [1.54, 1.807) is 0 Å². The molecule has 0 aromatic rings. The SMILES string of the molecule is CCCCCCCCCCC(=O)OC[C@H](COP(=O)(O)OC[C@H](O)COP(=O)(O)OC[C@@H](COC(=O)CCCCCCCCCCCCC(C)CC)OC(=O)CCCCCCCCCCCCCCCCCC(C)C)OC(=O)CCCCCCCCCCC(C)C. The molecule has 540 valence electrons. The van der Waals surface area contributed by atoms with Gasteiger partial charge < -0.3 is 33.8 Å². The smallest absolute Gasteiger partial charge is 0.462 e. The summed E-state index contributed by atoms with van der Waals surface area (Å²) in [7, 11) is -9.90. The van der Waals surface area contributed by atoms with Crippen LogP contribution in [0.5, 0.6) is 0 Å². The summed E-state index contributed by atoms with van der Waals surface area (Å²) >= 11 is 0. The van der Waals surface area contributed by atoms with Crippen molar-refractivity contribution in [2.24, 2.45) is 17.8 Å². The maximum atomic E-state index is 13.0. The lowest BCUT2D eigenvalue weighted by Crippen LogP contribution is -2.30. The third-order valence-corrected chi connectivity index (χ3v) is 18.9. The molecule has 19 heteroatoms. The molecule has 0 heterocycles. The van der Waals surface area contributed by atoms with Crippen LogP contribution in [-0.2, 0) is 65.4 Å². The van der Waals surface area contributed by atoms with Crippen LogP contribution >= 0.6 is 15.6 Å². The first-order chi connectivity index (χ1) is 43.8. The number of esters is 4. The van der Waals surface area contributed by atoms with E-state index in [0.717, 1.165) is 114 Å². The van der Waals surface area contributed by atoms with Crippen molar-refractivity contribution in [3.63, 3.8) is 0 Å². The van der Waals surface area contributed by atoms with Crippen molar-refractivity contribution in [2.75, 3.05) is 39.6 Å². The molecule has 0 spiro atoms. The van der Waals surface area contributed by atoms with Gasteiger partial charge in [0.2, 0.25) is 0 Å². The van der Waals surface area contributed by atoms with Crippen molar-refractivity contribution in [3.8, 4) is 0 Å². The predicted octanol–water partition coefficient (Wildman–Crippen LogP) is 20.6. The summed E-state index contributed by atoms with van der Waals surface area (Å²) in [5, 5.41) is 10.6. The number of phosphoric acid groups is 2. The second-order valence-corrected chi connectivity index (χ2v) is 30.1. The highest BCUT2D eigenvalue weighted by Crippen LogP contribution is 2.45. The van der Waals surface area contributed by atoms with Gasteiger partial charge in [-0.2, -0.15) is 0 Å². The number of carbonyl (C=O) groups is 4. The fourth-order valence-corrected chi connectivity index (χ4v) is 12.4. The number of ether oxygens (including phenoxy) is 4. The number of aliphatic hydroxyl groups excluding tert-OH is 1. The highest BCUT2D eigenvalue weighted by atomic mass is 31.2. The maximum Gasteiger partial charge on any atom is 0.472 e. The number of aliphatic hydroxyl groups is 1. The molecule has 0 aliphatic carbocycles. The first-order valence-corrected chi connectivity index (χ1v) is 40.4.